The van der Waals surface area contributed by atoms with Crippen LogP contribution >= 0.6 is 11.6 Å². The highest BCUT2D eigenvalue weighted by Crippen LogP contribution is 2.22. The molecule has 42 heavy (non-hydrogen) atoms. The zero-order valence-electron chi connectivity index (χ0n) is 23.1. The second-order valence-corrected chi connectivity index (χ2v) is 12.1. The Kier molecular flexibility index (Phi) is 9.81. The number of hydrogen-bond donors (Lipinski definition) is 2. The highest BCUT2D eigenvalue weighted by molar-refractivity contribution is 7.86. The van der Waals surface area contributed by atoms with Crippen molar-refractivity contribution in [3.8, 4) is 5.69 Å². The van der Waals surface area contributed by atoms with E-state index in [0.29, 0.717) is 22.0 Å². The maximum absolute atomic E-state index is 13.3. The van der Waals surface area contributed by atoms with Crippen LogP contribution in [0.25, 0.3) is 5.69 Å². The molecule has 0 saturated carbocycles. The summed E-state index contributed by atoms with van der Waals surface area (Å²) in [6.07, 6.45) is 1.53. The number of benzene rings is 3. The molecule has 2 N–H and O–H groups in total. The molecule has 11 nitrogen and oxygen atoms in total. The Morgan fingerprint density at radius 3 is 2.38 bits per heavy atom. The molecule has 0 radical (unpaired) electrons. The fourth-order valence-electron chi connectivity index (χ4n) is 3.88. The molecule has 0 spiro atoms. The molecule has 4 aromatic rings. The fourth-order valence-corrected chi connectivity index (χ4v) is 5.25. The molecule has 1 heterocycles. The Bertz CT molecular complexity index is 1570. The van der Waals surface area contributed by atoms with Crippen LogP contribution in [0, 0.1) is 0 Å². The maximum atomic E-state index is 13.3. The van der Waals surface area contributed by atoms with E-state index in [2.05, 4.69) is 26.2 Å². The van der Waals surface area contributed by atoms with Crippen LogP contribution in [0.3, 0.4) is 0 Å². The summed E-state index contributed by atoms with van der Waals surface area (Å²) in [7, 11) is -1.84. The number of carbonyl (C=O) groups is 3. The molecule has 0 saturated heterocycles. The molecule has 0 aliphatic heterocycles. The average Bonchev–Trinajstić information content (AvgIpc) is 3.47. The van der Waals surface area contributed by atoms with E-state index >= 15 is 0 Å². The number of nitrogens with zero attached hydrogens (tertiary/aromatic N) is 4. The number of ether oxygens (including phenoxy) is 1. The lowest BCUT2D eigenvalue weighted by Gasteiger charge is -2.20. The van der Waals surface area contributed by atoms with Crippen LogP contribution in [-0.4, -0.2) is 59.6 Å². The topological polar surface area (TPSA) is 145 Å². The van der Waals surface area contributed by atoms with Crippen molar-refractivity contribution in [2.45, 2.75) is 43.7 Å². The molecule has 218 valence electrons. The molecule has 13 heteroatoms. The first-order valence-electron chi connectivity index (χ1n) is 12.9. The van der Waals surface area contributed by atoms with Gasteiger partial charge in [0.15, 0.2) is 0 Å². The summed E-state index contributed by atoms with van der Waals surface area (Å²) in [5, 5.41) is 16.8. The first-order valence-corrected chi connectivity index (χ1v) is 14.6. The fraction of sp³-hybridized carbons (Fsp3) is 0.241. The predicted octanol–water partition coefficient (Wildman–Crippen LogP) is 3.74. The molecule has 0 aliphatic carbocycles. The summed E-state index contributed by atoms with van der Waals surface area (Å²) < 4.78 is 20.0. The molecule has 3 aromatic carbocycles. The number of aromatic nitrogens is 4. The molecule has 2 unspecified atom stereocenters. The smallest absolute Gasteiger partial charge is 0.338 e. The third kappa shape index (κ3) is 8.54. The lowest BCUT2D eigenvalue weighted by Crippen LogP contribution is -2.46. The number of nitrogens with one attached hydrogen (secondary N) is 2. The van der Waals surface area contributed by atoms with Gasteiger partial charge in [-0.15, -0.1) is 5.10 Å². The number of halogens is 1. The van der Waals surface area contributed by atoms with Crippen molar-refractivity contribution < 1.29 is 23.3 Å². The number of amides is 2. The summed E-state index contributed by atoms with van der Waals surface area (Å²) in [5.41, 5.74) is 1.34. The van der Waals surface area contributed by atoms with Gasteiger partial charge in [0.1, 0.15) is 23.7 Å². The summed E-state index contributed by atoms with van der Waals surface area (Å²) >= 11 is 6.13. The van der Waals surface area contributed by atoms with Gasteiger partial charge in [0.25, 0.3) is 0 Å². The van der Waals surface area contributed by atoms with Crippen molar-refractivity contribution >= 4 is 45.9 Å². The maximum Gasteiger partial charge on any atom is 0.338 e. The molecule has 0 aliphatic rings. The van der Waals surface area contributed by atoms with E-state index in [1.54, 1.807) is 57.2 Å². The van der Waals surface area contributed by atoms with Gasteiger partial charge >= 0.3 is 5.97 Å². The van der Waals surface area contributed by atoms with Crippen molar-refractivity contribution in [2.24, 2.45) is 0 Å². The Morgan fingerprint density at radius 2 is 1.74 bits per heavy atom. The van der Waals surface area contributed by atoms with E-state index in [4.69, 9.17) is 16.3 Å². The number of anilines is 1. The van der Waals surface area contributed by atoms with E-state index < -0.39 is 46.0 Å². The Labute approximate surface area is 250 Å². The zero-order valence-corrected chi connectivity index (χ0v) is 24.7. The molecular weight excluding hydrogens is 580 g/mol. The van der Waals surface area contributed by atoms with E-state index in [-0.39, 0.29) is 11.3 Å². The van der Waals surface area contributed by atoms with Gasteiger partial charge < -0.3 is 15.4 Å². The third-order valence-electron chi connectivity index (χ3n) is 5.75. The molecule has 0 bridgehead atoms. The van der Waals surface area contributed by atoms with Crippen molar-refractivity contribution in [2.75, 3.05) is 11.1 Å². The van der Waals surface area contributed by atoms with Gasteiger partial charge in [-0.1, -0.05) is 41.9 Å². The first kappa shape index (κ1) is 30.5. The first-order chi connectivity index (χ1) is 20.0. The van der Waals surface area contributed by atoms with E-state index in [0.717, 1.165) is 5.56 Å². The second kappa shape index (κ2) is 13.5. The lowest BCUT2D eigenvalue weighted by molar-refractivity contribution is -0.124. The highest BCUT2D eigenvalue weighted by atomic mass is 35.5. The van der Waals surface area contributed by atoms with Gasteiger partial charge in [0, 0.05) is 17.1 Å². The summed E-state index contributed by atoms with van der Waals surface area (Å²) in [6.45, 7) is 5.33. The van der Waals surface area contributed by atoms with E-state index in [1.165, 1.54) is 17.1 Å². The monoisotopic (exact) mass is 608 g/mol. The number of hydrogen-bond acceptors (Lipinski definition) is 8. The van der Waals surface area contributed by atoms with Crippen LogP contribution in [0.1, 0.15) is 36.7 Å². The highest BCUT2D eigenvalue weighted by Gasteiger charge is 2.24. The van der Waals surface area contributed by atoms with Gasteiger partial charge in [-0.2, -0.15) is 4.68 Å². The molecule has 1 aromatic heterocycles. The number of carbonyl (C=O) groups excluding carboxylic acids is 3. The van der Waals surface area contributed by atoms with Crippen LogP contribution in [-0.2, 0) is 31.5 Å². The minimum Gasteiger partial charge on any atom is -0.456 e. The average molecular weight is 609 g/mol. The molecule has 2 amide bonds. The lowest BCUT2D eigenvalue weighted by atomic mass is 10.0. The van der Waals surface area contributed by atoms with Crippen LogP contribution in [0.5, 0.6) is 0 Å². The standard InChI is InChI=1S/C29H29ClN6O5S/c1-29(2,3)41-28(39)20-9-12-22(13-10-20)32-27(38)23(15-19-7-5-4-6-8-19)33-26(37)17-42(40)25-16-21(30)11-14-24(25)36-18-31-34-35-36/h4-14,16,18,23H,15,17H2,1-3H3,(H,32,38)(H,33,37). The largest absolute Gasteiger partial charge is 0.456 e. The molecular formula is C29H29ClN6O5S. The summed E-state index contributed by atoms with van der Waals surface area (Å²) in [6, 6.07) is 19.1. The Balaban J connectivity index is 1.48. The van der Waals surface area contributed by atoms with Crippen molar-refractivity contribution in [1.29, 1.82) is 0 Å². The van der Waals surface area contributed by atoms with E-state index in [9.17, 15) is 18.6 Å². The zero-order chi connectivity index (χ0) is 30.3. The number of rotatable bonds is 10. The van der Waals surface area contributed by atoms with Crippen molar-refractivity contribution in [3.63, 3.8) is 0 Å². The normalized spacial score (nSPS) is 12.7. The van der Waals surface area contributed by atoms with Crippen LogP contribution in [0.4, 0.5) is 5.69 Å². The predicted molar refractivity (Wildman–Crippen MR) is 158 cm³/mol. The second-order valence-electron chi connectivity index (χ2n) is 10.2. The molecule has 2 atom stereocenters. The third-order valence-corrected chi connectivity index (χ3v) is 7.32. The van der Waals surface area contributed by atoms with Gasteiger partial charge in [-0.3, -0.25) is 13.8 Å². The van der Waals surface area contributed by atoms with Crippen LogP contribution < -0.4 is 10.6 Å². The van der Waals surface area contributed by atoms with Crippen molar-refractivity contribution in [3.05, 3.63) is 95.3 Å². The number of esters is 1. The molecule has 0 fully saturated rings. The SMILES string of the molecule is CC(C)(C)OC(=O)c1ccc(NC(=O)C(Cc2ccccc2)NC(=O)CS(=O)c2cc(Cl)ccc2-n2cnnn2)cc1. The minimum atomic E-state index is -1.84. The number of tetrazole rings is 1. The summed E-state index contributed by atoms with van der Waals surface area (Å²) in [4.78, 5) is 39.0. The minimum absolute atomic E-state index is 0.189. The van der Waals surface area contributed by atoms with Gasteiger partial charge in [0.2, 0.25) is 11.8 Å². The quantitative estimate of drug-likeness (QED) is 0.259. The van der Waals surface area contributed by atoms with Crippen LogP contribution in [0.2, 0.25) is 5.02 Å². The van der Waals surface area contributed by atoms with E-state index in [1.807, 2.05) is 30.3 Å². The van der Waals surface area contributed by atoms with Crippen molar-refractivity contribution in [1.82, 2.24) is 25.5 Å². The Hall–Kier alpha value is -4.42. The van der Waals surface area contributed by atoms with Gasteiger partial charge in [0.05, 0.1) is 26.9 Å². The van der Waals surface area contributed by atoms with Crippen LogP contribution in [0.15, 0.2) is 84.0 Å². The van der Waals surface area contributed by atoms with Gasteiger partial charge in [-0.25, -0.2) is 4.79 Å². The Morgan fingerprint density at radius 1 is 1.02 bits per heavy atom. The summed E-state index contributed by atoms with van der Waals surface area (Å²) in [5.74, 6) is -2.00. The van der Waals surface area contributed by atoms with Gasteiger partial charge in [-0.05, 0) is 79.2 Å². The molecule has 4 rings (SSSR count).